The lowest BCUT2D eigenvalue weighted by molar-refractivity contribution is -0.118. The Labute approximate surface area is 114 Å². The lowest BCUT2D eigenvalue weighted by Gasteiger charge is -2.16. The number of halogens is 1. The third kappa shape index (κ3) is 5.46. The second-order valence-electron chi connectivity index (χ2n) is 3.60. The van der Waals surface area contributed by atoms with Crippen molar-refractivity contribution in [2.75, 3.05) is 18.6 Å². The van der Waals surface area contributed by atoms with Crippen molar-refractivity contribution in [3.05, 3.63) is 28.7 Å². The molecule has 1 N–H and O–H groups in total. The Morgan fingerprint density at radius 2 is 2.24 bits per heavy atom. The van der Waals surface area contributed by atoms with Crippen LogP contribution in [0.5, 0.6) is 5.75 Å². The standard InChI is InChI=1S/C12H16BrNO2S/c1-9(7-14-12(15)8-17-2)16-11-6-4-3-5-10(11)13/h3-6,9H,7-8H2,1-2H3,(H,14,15)/t9-/m0/s1. The van der Waals surface area contributed by atoms with Gasteiger partial charge >= 0.3 is 0 Å². The molecule has 1 amide bonds. The van der Waals surface area contributed by atoms with Crippen LogP contribution in [0, 0.1) is 0 Å². The summed E-state index contributed by atoms with van der Waals surface area (Å²) >= 11 is 4.92. The molecule has 5 heteroatoms. The van der Waals surface area contributed by atoms with Gasteiger partial charge in [-0.3, -0.25) is 4.79 Å². The van der Waals surface area contributed by atoms with Crippen LogP contribution in [-0.2, 0) is 4.79 Å². The van der Waals surface area contributed by atoms with E-state index in [0.29, 0.717) is 12.3 Å². The van der Waals surface area contributed by atoms with Gasteiger partial charge in [-0.2, -0.15) is 11.8 Å². The number of carbonyl (C=O) groups excluding carboxylic acids is 1. The molecule has 0 aliphatic heterocycles. The van der Waals surface area contributed by atoms with Crippen LogP contribution in [0.1, 0.15) is 6.92 Å². The molecule has 0 saturated heterocycles. The van der Waals surface area contributed by atoms with Crippen LogP contribution in [0.2, 0.25) is 0 Å². The maximum atomic E-state index is 11.3. The molecule has 0 aliphatic carbocycles. The first kappa shape index (κ1) is 14.4. The second-order valence-corrected chi connectivity index (χ2v) is 5.32. The van der Waals surface area contributed by atoms with Crippen LogP contribution in [0.4, 0.5) is 0 Å². The lowest BCUT2D eigenvalue weighted by Crippen LogP contribution is -2.34. The molecule has 0 spiro atoms. The summed E-state index contributed by atoms with van der Waals surface area (Å²) in [5.41, 5.74) is 0. The Kier molecular flexibility index (Phi) is 6.44. The predicted octanol–water partition coefficient (Wildman–Crippen LogP) is 2.70. The van der Waals surface area contributed by atoms with E-state index in [9.17, 15) is 4.79 Å². The number of amides is 1. The normalized spacial score (nSPS) is 11.9. The number of thioether (sulfide) groups is 1. The first-order valence-electron chi connectivity index (χ1n) is 5.30. The van der Waals surface area contributed by atoms with Gasteiger partial charge in [-0.25, -0.2) is 0 Å². The second kappa shape index (κ2) is 7.61. The first-order chi connectivity index (χ1) is 8.13. The van der Waals surface area contributed by atoms with E-state index in [0.717, 1.165) is 10.2 Å². The average Bonchev–Trinajstić information content (AvgIpc) is 2.30. The topological polar surface area (TPSA) is 38.3 Å². The van der Waals surface area contributed by atoms with Crippen molar-refractivity contribution < 1.29 is 9.53 Å². The van der Waals surface area contributed by atoms with Gasteiger partial charge in [0.05, 0.1) is 16.8 Å². The molecule has 1 rings (SSSR count). The molecule has 0 fully saturated rings. The molecular formula is C12H16BrNO2S. The summed E-state index contributed by atoms with van der Waals surface area (Å²) in [6.45, 7) is 2.44. The van der Waals surface area contributed by atoms with E-state index in [-0.39, 0.29) is 12.0 Å². The SMILES string of the molecule is CSCC(=O)NC[C@H](C)Oc1ccccc1Br. The molecule has 0 heterocycles. The van der Waals surface area contributed by atoms with Gasteiger partial charge < -0.3 is 10.1 Å². The molecule has 0 bridgehead atoms. The van der Waals surface area contributed by atoms with E-state index >= 15 is 0 Å². The maximum absolute atomic E-state index is 11.3. The number of rotatable bonds is 6. The summed E-state index contributed by atoms with van der Waals surface area (Å²) in [5.74, 6) is 1.32. The lowest BCUT2D eigenvalue weighted by atomic mass is 10.3. The van der Waals surface area contributed by atoms with Gasteiger partial charge in [-0.05, 0) is 41.2 Å². The molecule has 1 aromatic rings. The molecule has 0 unspecified atom stereocenters. The summed E-state index contributed by atoms with van der Waals surface area (Å²) in [5, 5.41) is 2.82. The van der Waals surface area contributed by atoms with Crippen LogP contribution in [0.3, 0.4) is 0 Å². The highest BCUT2D eigenvalue weighted by atomic mass is 79.9. The fourth-order valence-corrected chi connectivity index (χ4v) is 1.98. The minimum atomic E-state index is -0.0560. The predicted molar refractivity (Wildman–Crippen MR) is 75.6 cm³/mol. The fourth-order valence-electron chi connectivity index (χ4n) is 1.24. The van der Waals surface area contributed by atoms with E-state index in [2.05, 4.69) is 21.2 Å². The number of carbonyl (C=O) groups is 1. The smallest absolute Gasteiger partial charge is 0.230 e. The molecule has 1 atom stereocenters. The molecule has 0 aliphatic rings. The van der Waals surface area contributed by atoms with Crippen molar-refractivity contribution >= 4 is 33.6 Å². The highest BCUT2D eigenvalue weighted by Gasteiger charge is 2.08. The van der Waals surface area contributed by atoms with Crippen molar-refractivity contribution in [3.63, 3.8) is 0 Å². The molecule has 0 saturated carbocycles. The summed E-state index contributed by atoms with van der Waals surface area (Å²) in [6.07, 6.45) is 1.85. The Morgan fingerprint density at radius 1 is 1.53 bits per heavy atom. The summed E-state index contributed by atoms with van der Waals surface area (Å²) in [6, 6.07) is 7.67. The zero-order valence-electron chi connectivity index (χ0n) is 9.90. The van der Waals surface area contributed by atoms with Gasteiger partial charge in [0, 0.05) is 0 Å². The van der Waals surface area contributed by atoms with Crippen LogP contribution in [0.15, 0.2) is 28.7 Å². The molecule has 0 aromatic heterocycles. The molecule has 3 nitrogen and oxygen atoms in total. The first-order valence-corrected chi connectivity index (χ1v) is 7.49. The number of benzene rings is 1. The highest BCUT2D eigenvalue weighted by Crippen LogP contribution is 2.24. The van der Waals surface area contributed by atoms with Crippen LogP contribution in [0.25, 0.3) is 0 Å². The number of nitrogens with one attached hydrogen (secondary N) is 1. The number of hydrogen-bond donors (Lipinski definition) is 1. The van der Waals surface area contributed by atoms with Crippen LogP contribution in [-0.4, -0.2) is 30.6 Å². The van der Waals surface area contributed by atoms with Crippen molar-refractivity contribution in [3.8, 4) is 5.75 Å². The average molecular weight is 318 g/mol. The Morgan fingerprint density at radius 3 is 2.88 bits per heavy atom. The van der Waals surface area contributed by atoms with Crippen molar-refractivity contribution in [1.29, 1.82) is 0 Å². The van der Waals surface area contributed by atoms with Gasteiger partial charge in [0.1, 0.15) is 11.9 Å². The maximum Gasteiger partial charge on any atom is 0.230 e. The largest absolute Gasteiger partial charge is 0.488 e. The van der Waals surface area contributed by atoms with Gasteiger partial charge in [-0.1, -0.05) is 12.1 Å². The van der Waals surface area contributed by atoms with Crippen LogP contribution >= 0.6 is 27.7 Å². The zero-order valence-corrected chi connectivity index (χ0v) is 12.3. The third-order valence-electron chi connectivity index (χ3n) is 2.03. The molecule has 0 radical (unpaired) electrons. The Hall–Kier alpha value is -0.680. The van der Waals surface area contributed by atoms with Crippen molar-refractivity contribution in [1.82, 2.24) is 5.32 Å². The summed E-state index contributed by atoms with van der Waals surface area (Å²) < 4.78 is 6.62. The fraction of sp³-hybridized carbons (Fsp3) is 0.417. The van der Waals surface area contributed by atoms with E-state index in [4.69, 9.17) is 4.74 Å². The molecule has 94 valence electrons. The van der Waals surface area contributed by atoms with Gasteiger partial charge in [-0.15, -0.1) is 0 Å². The van der Waals surface area contributed by atoms with E-state index in [1.165, 1.54) is 11.8 Å². The van der Waals surface area contributed by atoms with Crippen molar-refractivity contribution in [2.24, 2.45) is 0 Å². The number of para-hydroxylation sites is 1. The molecular weight excluding hydrogens is 302 g/mol. The monoisotopic (exact) mass is 317 g/mol. The molecule has 1 aromatic carbocycles. The summed E-state index contributed by atoms with van der Waals surface area (Å²) in [7, 11) is 0. The van der Waals surface area contributed by atoms with E-state index in [1.54, 1.807) is 0 Å². The quantitative estimate of drug-likeness (QED) is 0.876. The van der Waals surface area contributed by atoms with Gasteiger partial charge in [0.15, 0.2) is 0 Å². The minimum absolute atomic E-state index is 0.0417. The zero-order chi connectivity index (χ0) is 12.7. The van der Waals surface area contributed by atoms with Crippen LogP contribution < -0.4 is 10.1 Å². The Balaban J connectivity index is 2.37. The number of ether oxygens (including phenoxy) is 1. The van der Waals surface area contributed by atoms with Gasteiger partial charge in [0.2, 0.25) is 5.91 Å². The molecule has 17 heavy (non-hydrogen) atoms. The van der Waals surface area contributed by atoms with Gasteiger partial charge in [0.25, 0.3) is 0 Å². The third-order valence-corrected chi connectivity index (χ3v) is 3.23. The van der Waals surface area contributed by atoms with E-state index < -0.39 is 0 Å². The highest BCUT2D eigenvalue weighted by molar-refractivity contribution is 9.10. The summed E-state index contributed by atoms with van der Waals surface area (Å²) in [4.78, 5) is 11.3. The Bertz CT molecular complexity index is 373. The van der Waals surface area contributed by atoms with Crippen molar-refractivity contribution in [2.45, 2.75) is 13.0 Å². The number of hydrogen-bond acceptors (Lipinski definition) is 3. The minimum Gasteiger partial charge on any atom is -0.488 e. The van der Waals surface area contributed by atoms with E-state index in [1.807, 2.05) is 37.4 Å².